The minimum absolute atomic E-state index is 0.0809. The normalized spacial score (nSPS) is 17.5. The van der Waals surface area contributed by atoms with Crippen molar-refractivity contribution in [1.82, 2.24) is 5.32 Å². The van der Waals surface area contributed by atoms with Crippen molar-refractivity contribution in [3.8, 4) is 23.0 Å². The number of methoxy groups -OCH3 is 2. The van der Waals surface area contributed by atoms with Crippen LogP contribution in [0.4, 0.5) is 0 Å². The second-order valence-corrected chi connectivity index (χ2v) is 11.2. The minimum Gasteiger partial charge on any atom is -0.493 e. The lowest BCUT2D eigenvalue weighted by molar-refractivity contribution is -0.139. The fourth-order valence-electron chi connectivity index (χ4n) is 6.18. The van der Waals surface area contributed by atoms with E-state index in [4.69, 9.17) is 23.7 Å². The molecule has 0 radical (unpaired) electrons. The summed E-state index contributed by atoms with van der Waals surface area (Å²) < 4.78 is 28.0. The number of ketones is 1. The Bertz CT molecular complexity index is 1690. The van der Waals surface area contributed by atoms with Crippen molar-refractivity contribution in [2.45, 2.75) is 51.9 Å². The molecule has 1 aliphatic heterocycles. The molecule has 46 heavy (non-hydrogen) atoms. The molecule has 1 N–H and O–H groups in total. The number of nitrogens with one attached hydrogen (secondary N) is 1. The van der Waals surface area contributed by atoms with Gasteiger partial charge in [0.15, 0.2) is 28.8 Å². The molecule has 1 heterocycles. The first kappa shape index (κ1) is 32.3. The molecule has 0 saturated carbocycles. The van der Waals surface area contributed by atoms with Gasteiger partial charge in [-0.25, -0.2) is 4.79 Å². The SMILES string of the molecule is CCOc1cc([C@H]2C(C(=O)OCCc3ccccc3)=C(C)NC3=C2C(=O)C[C@@H](c2ccc(OC)c(OC)c2)C3)ccc1OC(C)=O. The summed E-state index contributed by atoms with van der Waals surface area (Å²) in [6, 6.07) is 20.6. The molecule has 9 heteroatoms. The first-order chi connectivity index (χ1) is 22.2. The average molecular weight is 626 g/mol. The molecule has 2 aliphatic rings. The van der Waals surface area contributed by atoms with Crippen LogP contribution < -0.4 is 24.3 Å². The molecule has 5 rings (SSSR count). The Morgan fingerprint density at radius 1 is 0.870 bits per heavy atom. The zero-order valence-corrected chi connectivity index (χ0v) is 26.8. The van der Waals surface area contributed by atoms with E-state index in [1.807, 2.05) is 62.4 Å². The second-order valence-electron chi connectivity index (χ2n) is 11.2. The number of ether oxygens (including phenoxy) is 5. The largest absolute Gasteiger partial charge is 0.493 e. The Morgan fingerprint density at radius 2 is 1.57 bits per heavy atom. The molecule has 0 fully saturated rings. The molecule has 2 atom stereocenters. The maximum atomic E-state index is 14.1. The Hall–Kier alpha value is -5.05. The number of esters is 2. The van der Waals surface area contributed by atoms with Gasteiger partial charge in [-0.3, -0.25) is 9.59 Å². The van der Waals surface area contributed by atoms with Gasteiger partial charge < -0.3 is 29.0 Å². The van der Waals surface area contributed by atoms with Crippen molar-refractivity contribution in [1.29, 1.82) is 0 Å². The monoisotopic (exact) mass is 625 g/mol. The summed E-state index contributed by atoms with van der Waals surface area (Å²) in [5, 5.41) is 3.40. The van der Waals surface area contributed by atoms with Crippen LogP contribution in [0.5, 0.6) is 23.0 Å². The predicted molar refractivity (Wildman–Crippen MR) is 172 cm³/mol. The number of hydrogen-bond acceptors (Lipinski definition) is 9. The Labute approximate surface area is 269 Å². The van der Waals surface area contributed by atoms with E-state index >= 15 is 0 Å². The molecule has 3 aromatic rings. The number of carbonyl (C=O) groups is 3. The predicted octanol–water partition coefficient (Wildman–Crippen LogP) is 6.18. The summed E-state index contributed by atoms with van der Waals surface area (Å²) >= 11 is 0. The van der Waals surface area contributed by atoms with Gasteiger partial charge in [0.25, 0.3) is 0 Å². The third-order valence-corrected chi connectivity index (χ3v) is 8.25. The third kappa shape index (κ3) is 6.93. The van der Waals surface area contributed by atoms with Gasteiger partial charge >= 0.3 is 11.9 Å². The lowest BCUT2D eigenvalue weighted by Gasteiger charge is -2.37. The van der Waals surface area contributed by atoms with Gasteiger partial charge in [0.05, 0.1) is 33.0 Å². The highest BCUT2D eigenvalue weighted by atomic mass is 16.6. The minimum atomic E-state index is -0.718. The van der Waals surface area contributed by atoms with Crippen LogP contribution in [-0.4, -0.2) is 45.2 Å². The third-order valence-electron chi connectivity index (χ3n) is 8.25. The van der Waals surface area contributed by atoms with E-state index in [9.17, 15) is 14.4 Å². The topological polar surface area (TPSA) is 109 Å². The molecule has 9 nitrogen and oxygen atoms in total. The molecular formula is C37H39NO8. The molecule has 0 amide bonds. The quantitative estimate of drug-likeness (QED) is 0.198. The smallest absolute Gasteiger partial charge is 0.336 e. The standard InChI is InChI=1S/C37H39NO8/c1-6-44-33-21-26(13-15-31(33)46-23(3)39)35-34(37(41)45-17-16-24-10-8-7-9-11-24)22(2)38-28-18-27(19-29(40)36(28)35)25-12-14-30(42-4)32(20-25)43-5/h7-15,20-21,27,35,38H,6,16-19H2,1-5H3/t27-,35-/m0/s1. The molecule has 0 aromatic heterocycles. The zero-order valence-electron chi connectivity index (χ0n) is 26.8. The van der Waals surface area contributed by atoms with Gasteiger partial charge in [-0.05, 0) is 67.1 Å². The van der Waals surface area contributed by atoms with Crippen LogP contribution in [0.3, 0.4) is 0 Å². The van der Waals surface area contributed by atoms with Gasteiger partial charge in [-0.2, -0.15) is 0 Å². The number of allylic oxidation sites excluding steroid dienone is 3. The van der Waals surface area contributed by atoms with Gasteiger partial charge in [0, 0.05) is 42.7 Å². The Kier molecular flexibility index (Phi) is 10.1. The molecule has 1 aliphatic carbocycles. The van der Waals surface area contributed by atoms with Crippen LogP contribution in [0.15, 0.2) is 89.3 Å². The maximum absolute atomic E-state index is 14.1. The summed E-state index contributed by atoms with van der Waals surface area (Å²) in [5.41, 5.74) is 4.88. The fourth-order valence-corrected chi connectivity index (χ4v) is 6.18. The molecule has 0 unspecified atom stereocenters. The maximum Gasteiger partial charge on any atom is 0.336 e. The van der Waals surface area contributed by atoms with Crippen molar-refractivity contribution in [3.05, 3.63) is 106 Å². The molecule has 0 saturated heterocycles. The first-order valence-corrected chi connectivity index (χ1v) is 15.4. The van der Waals surface area contributed by atoms with E-state index in [-0.39, 0.29) is 30.5 Å². The summed E-state index contributed by atoms with van der Waals surface area (Å²) in [6.45, 7) is 5.48. The van der Waals surface area contributed by atoms with Crippen molar-refractivity contribution >= 4 is 17.7 Å². The molecule has 240 valence electrons. The fraction of sp³-hybridized carbons (Fsp3) is 0.324. The molecule has 3 aromatic carbocycles. The van der Waals surface area contributed by atoms with E-state index in [0.29, 0.717) is 59.1 Å². The van der Waals surface area contributed by atoms with Crippen molar-refractivity contribution in [2.75, 3.05) is 27.4 Å². The molecule has 0 bridgehead atoms. The van der Waals surface area contributed by atoms with Crippen molar-refractivity contribution < 1.29 is 38.1 Å². The van der Waals surface area contributed by atoms with Crippen LogP contribution >= 0.6 is 0 Å². The van der Waals surface area contributed by atoms with Gasteiger partial charge in [-0.1, -0.05) is 42.5 Å². The Morgan fingerprint density at radius 3 is 2.26 bits per heavy atom. The van der Waals surface area contributed by atoms with E-state index in [1.165, 1.54) is 6.92 Å². The highest BCUT2D eigenvalue weighted by Crippen LogP contribution is 2.47. The van der Waals surface area contributed by atoms with Crippen LogP contribution in [0.25, 0.3) is 0 Å². The lowest BCUT2D eigenvalue weighted by Crippen LogP contribution is -2.36. The van der Waals surface area contributed by atoms with Crippen LogP contribution in [0, 0.1) is 0 Å². The van der Waals surface area contributed by atoms with E-state index in [0.717, 1.165) is 16.8 Å². The van der Waals surface area contributed by atoms with Gasteiger partial charge in [0.2, 0.25) is 0 Å². The summed E-state index contributed by atoms with van der Waals surface area (Å²) in [4.78, 5) is 39.7. The van der Waals surface area contributed by atoms with E-state index in [2.05, 4.69) is 5.32 Å². The van der Waals surface area contributed by atoms with E-state index in [1.54, 1.807) is 32.4 Å². The number of hydrogen-bond donors (Lipinski definition) is 1. The number of carbonyl (C=O) groups excluding carboxylic acids is 3. The lowest BCUT2D eigenvalue weighted by atomic mass is 9.71. The molecular weight excluding hydrogens is 586 g/mol. The van der Waals surface area contributed by atoms with Crippen molar-refractivity contribution in [3.63, 3.8) is 0 Å². The van der Waals surface area contributed by atoms with Crippen LogP contribution in [0.1, 0.15) is 62.1 Å². The molecule has 0 spiro atoms. The van der Waals surface area contributed by atoms with Crippen molar-refractivity contribution in [2.24, 2.45) is 0 Å². The number of benzene rings is 3. The zero-order chi connectivity index (χ0) is 32.8. The number of Topliss-reactive ketones (excluding diaryl/α,β-unsaturated/α-hetero) is 1. The summed E-state index contributed by atoms with van der Waals surface area (Å²) in [5.74, 6) is -0.0919. The van der Waals surface area contributed by atoms with Gasteiger partial charge in [0.1, 0.15) is 0 Å². The summed E-state index contributed by atoms with van der Waals surface area (Å²) in [6.07, 6.45) is 1.35. The van der Waals surface area contributed by atoms with Gasteiger partial charge in [-0.15, -0.1) is 0 Å². The van der Waals surface area contributed by atoms with Crippen LogP contribution in [-0.2, 0) is 25.5 Å². The highest BCUT2D eigenvalue weighted by Gasteiger charge is 2.42. The average Bonchev–Trinajstić information content (AvgIpc) is 3.04. The first-order valence-electron chi connectivity index (χ1n) is 15.4. The number of dihydropyridines is 1. The highest BCUT2D eigenvalue weighted by molar-refractivity contribution is 6.04. The van der Waals surface area contributed by atoms with Crippen LogP contribution in [0.2, 0.25) is 0 Å². The Balaban J connectivity index is 1.53. The second kappa shape index (κ2) is 14.4. The number of rotatable bonds is 11. The van der Waals surface area contributed by atoms with E-state index < -0.39 is 17.9 Å². The summed E-state index contributed by atoms with van der Waals surface area (Å²) in [7, 11) is 3.17.